The highest BCUT2D eigenvalue weighted by Gasteiger charge is 2.23. The molecule has 104 valence electrons. The maximum absolute atomic E-state index is 10.9. The van der Waals surface area contributed by atoms with Gasteiger partial charge in [-0.2, -0.15) is 0 Å². The van der Waals surface area contributed by atoms with Crippen molar-refractivity contribution in [3.63, 3.8) is 0 Å². The van der Waals surface area contributed by atoms with E-state index < -0.39 is 0 Å². The largest absolute Gasteiger partial charge is 0.296 e. The normalized spacial score (nSPS) is 24.4. The molecule has 2 rings (SSSR count). The van der Waals surface area contributed by atoms with Gasteiger partial charge in [-0.25, -0.2) is 0 Å². The summed E-state index contributed by atoms with van der Waals surface area (Å²) in [5, 5.41) is 10.9. The molecule has 1 saturated heterocycles. The predicted molar refractivity (Wildman–Crippen MR) is 79.1 cm³/mol. The number of halogens is 1. The van der Waals surface area contributed by atoms with E-state index in [0.717, 1.165) is 18.7 Å². The molecule has 1 aliphatic rings. The molecule has 1 fully saturated rings. The molecule has 0 aromatic heterocycles. The molecular formula is C14H19BrN2O2. The van der Waals surface area contributed by atoms with Gasteiger partial charge in [0, 0.05) is 25.2 Å². The van der Waals surface area contributed by atoms with Crippen LogP contribution in [0.4, 0.5) is 5.69 Å². The Kier molecular flexibility index (Phi) is 4.58. The summed E-state index contributed by atoms with van der Waals surface area (Å²) in [5.41, 5.74) is 1.16. The summed E-state index contributed by atoms with van der Waals surface area (Å²) in [6.07, 6.45) is 2.48. The van der Waals surface area contributed by atoms with Crippen LogP contribution >= 0.6 is 15.9 Å². The molecule has 0 saturated carbocycles. The fourth-order valence-corrected chi connectivity index (χ4v) is 3.02. The van der Waals surface area contributed by atoms with Crippen LogP contribution in [-0.2, 0) is 6.54 Å². The Bertz CT molecular complexity index is 479. The monoisotopic (exact) mass is 326 g/mol. The average Bonchev–Trinajstić information content (AvgIpc) is 2.36. The number of likely N-dealkylation sites (tertiary alicyclic amines) is 1. The Labute approximate surface area is 122 Å². The van der Waals surface area contributed by atoms with Gasteiger partial charge >= 0.3 is 0 Å². The first-order chi connectivity index (χ1) is 8.97. The first kappa shape index (κ1) is 14.5. The number of hydrogen-bond acceptors (Lipinski definition) is 3. The van der Waals surface area contributed by atoms with Crippen molar-refractivity contribution in [2.45, 2.75) is 39.3 Å². The summed E-state index contributed by atoms with van der Waals surface area (Å²) in [5.74, 6) is 0.710. The third-order valence-electron chi connectivity index (χ3n) is 3.84. The molecule has 0 amide bonds. The molecule has 0 aliphatic carbocycles. The average molecular weight is 327 g/mol. The Morgan fingerprint density at radius 2 is 2.16 bits per heavy atom. The lowest BCUT2D eigenvalue weighted by Gasteiger charge is -2.36. The maximum atomic E-state index is 10.9. The van der Waals surface area contributed by atoms with Crippen LogP contribution in [0.2, 0.25) is 0 Å². The van der Waals surface area contributed by atoms with E-state index in [1.54, 1.807) is 12.1 Å². The zero-order valence-electron chi connectivity index (χ0n) is 11.3. The molecule has 1 heterocycles. The highest BCUT2D eigenvalue weighted by Crippen LogP contribution is 2.28. The van der Waals surface area contributed by atoms with E-state index in [1.165, 1.54) is 12.8 Å². The topological polar surface area (TPSA) is 46.4 Å². The quantitative estimate of drug-likeness (QED) is 0.623. The maximum Gasteiger partial charge on any atom is 0.283 e. The number of benzene rings is 1. The Balaban J connectivity index is 2.14. The fourth-order valence-electron chi connectivity index (χ4n) is 2.63. The second-order valence-electron chi connectivity index (χ2n) is 5.50. The van der Waals surface area contributed by atoms with Crippen molar-refractivity contribution in [3.05, 3.63) is 38.3 Å². The number of nitro benzene ring substituents is 1. The number of hydrogen-bond donors (Lipinski definition) is 0. The van der Waals surface area contributed by atoms with Gasteiger partial charge in [0.05, 0.1) is 9.40 Å². The first-order valence-electron chi connectivity index (χ1n) is 6.64. The lowest BCUT2D eigenvalue weighted by Crippen LogP contribution is -2.40. The zero-order valence-corrected chi connectivity index (χ0v) is 12.9. The molecule has 0 N–H and O–H groups in total. The first-order valence-corrected chi connectivity index (χ1v) is 7.43. The molecule has 1 aromatic rings. The van der Waals surface area contributed by atoms with Crippen LogP contribution < -0.4 is 0 Å². The standard InChI is InChI=1S/C14H19BrN2O2/c1-10-3-4-11(2)16(8-10)9-12-5-6-13(15)14(7-12)17(18)19/h5-7,10-11H,3-4,8-9H2,1-2H3. The van der Waals surface area contributed by atoms with Crippen molar-refractivity contribution in [1.29, 1.82) is 0 Å². The van der Waals surface area contributed by atoms with Crippen molar-refractivity contribution < 1.29 is 4.92 Å². The zero-order chi connectivity index (χ0) is 14.0. The minimum Gasteiger partial charge on any atom is -0.296 e. The van der Waals surface area contributed by atoms with Crippen molar-refractivity contribution >= 4 is 21.6 Å². The molecule has 0 spiro atoms. The minimum absolute atomic E-state index is 0.148. The van der Waals surface area contributed by atoms with Crippen molar-refractivity contribution in [3.8, 4) is 0 Å². The smallest absolute Gasteiger partial charge is 0.283 e. The molecule has 19 heavy (non-hydrogen) atoms. The summed E-state index contributed by atoms with van der Waals surface area (Å²) in [6.45, 7) is 6.37. The van der Waals surface area contributed by atoms with E-state index >= 15 is 0 Å². The summed E-state index contributed by atoms with van der Waals surface area (Å²) in [7, 11) is 0. The number of nitro groups is 1. The fraction of sp³-hybridized carbons (Fsp3) is 0.571. The van der Waals surface area contributed by atoms with E-state index in [2.05, 4.69) is 34.7 Å². The van der Waals surface area contributed by atoms with Crippen LogP contribution in [0.3, 0.4) is 0 Å². The molecule has 5 heteroatoms. The summed E-state index contributed by atoms with van der Waals surface area (Å²) in [4.78, 5) is 13.0. The summed E-state index contributed by atoms with van der Waals surface area (Å²) < 4.78 is 0.543. The molecule has 2 atom stereocenters. The van der Waals surface area contributed by atoms with Gasteiger partial charge in [0.25, 0.3) is 5.69 Å². The number of nitrogens with zero attached hydrogens (tertiary/aromatic N) is 2. The van der Waals surface area contributed by atoms with Crippen molar-refractivity contribution in [1.82, 2.24) is 4.90 Å². The van der Waals surface area contributed by atoms with E-state index in [4.69, 9.17) is 0 Å². The van der Waals surface area contributed by atoms with Gasteiger partial charge in [0.1, 0.15) is 0 Å². The predicted octanol–water partition coefficient (Wildman–Crippen LogP) is 3.98. The minimum atomic E-state index is -0.337. The molecule has 0 bridgehead atoms. The highest BCUT2D eigenvalue weighted by molar-refractivity contribution is 9.10. The van der Waals surface area contributed by atoms with Gasteiger partial charge in [-0.3, -0.25) is 15.0 Å². The van der Waals surface area contributed by atoms with Crippen LogP contribution in [0, 0.1) is 16.0 Å². The van der Waals surface area contributed by atoms with Crippen LogP contribution in [0.5, 0.6) is 0 Å². The van der Waals surface area contributed by atoms with E-state index in [0.29, 0.717) is 16.4 Å². The number of piperidine rings is 1. The lowest BCUT2D eigenvalue weighted by molar-refractivity contribution is -0.385. The van der Waals surface area contributed by atoms with E-state index in [9.17, 15) is 10.1 Å². The molecular weight excluding hydrogens is 308 g/mol. The van der Waals surface area contributed by atoms with Crippen LogP contribution in [0.25, 0.3) is 0 Å². The Morgan fingerprint density at radius 1 is 1.42 bits per heavy atom. The molecule has 1 aromatic carbocycles. The van der Waals surface area contributed by atoms with Crippen LogP contribution in [0.15, 0.2) is 22.7 Å². The van der Waals surface area contributed by atoms with Gasteiger partial charge in [0.2, 0.25) is 0 Å². The van der Waals surface area contributed by atoms with Gasteiger partial charge in [-0.05, 0) is 53.2 Å². The van der Waals surface area contributed by atoms with Gasteiger partial charge < -0.3 is 0 Å². The van der Waals surface area contributed by atoms with Gasteiger partial charge in [-0.15, -0.1) is 0 Å². The molecule has 0 radical (unpaired) electrons. The Morgan fingerprint density at radius 3 is 2.84 bits per heavy atom. The third kappa shape index (κ3) is 3.54. The van der Waals surface area contributed by atoms with Crippen molar-refractivity contribution in [2.24, 2.45) is 5.92 Å². The second-order valence-corrected chi connectivity index (χ2v) is 6.36. The molecule has 2 unspecified atom stereocenters. The Hall–Kier alpha value is -0.940. The second kappa shape index (κ2) is 6.01. The van der Waals surface area contributed by atoms with E-state index in [1.807, 2.05) is 6.07 Å². The SMILES string of the molecule is CC1CCC(C)N(Cc2ccc(Br)c([N+](=O)[O-])c2)C1. The van der Waals surface area contributed by atoms with Gasteiger partial charge in [-0.1, -0.05) is 13.0 Å². The van der Waals surface area contributed by atoms with E-state index in [-0.39, 0.29) is 10.6 Å². The lowest BCUT2D eigenvalue weighted by atomic mass is 9.94. The summed E-state index contributed by atoms with van der Waals surface area (Å²) in [6, 6.07) is 5.96. The third-order valence-corrected chi connectivity index (χ3v) is 4.51. The van der Waals surface area contributed by atoms with Crippen LogP contribution in [-0.4, -0.2) is 22.4 Å². The molecule has 4 nitrogen and oxygen atoms in total. The molecule has 1 aliphatic heterocycles. The van der Waals surface area contributed by atoms with Crippen molar-refractivity contribution in [2.75, 3.05) is 6.54 Å². The number of rotatable bonds is 3. The summed E-state index contributed by atoms with van der Waals surface area (Å²) >= 11 is 3.22. The van der Waals surface area contributed by atoms with Crippen LogP contribution in [0.1, 0.15) is 32.3 Å². The highest BCUT2D eigenvalue weighted by atomic mass is 79.9. The van der Waals surface area contributed by atoms with Gasteiger partial charge in [0.15, 0.2) is 0 Å².